The summed E-state index contributed by atoms with van der Waals surface area (Å²) < 4.78 is 3.82. The van der Waals surface area contributed by atoms with E-state index in [4.69, 9.17) is 11.6 Å². The van der Waals surface area contributed by atoms with Crippen molar-refractivity contribution < 1.29 is 0 Å². The van der Waals surface area contributed by atoms with Crippen molar-refractivity contribution in [2.45, 2.75) is 45.2 Å². The lowest BCUT2D eigenvalue weighted by molar-refractivity contribution is 0.423. The van der Waals surface area contributed by atoms with Crippen LogP contribution in [0.25, 0.3) is 0 Å². The third-order valence-electron chi connectivity index (χ3n) is 3.11. The number of rotatable bonds is 6. The molecule has 0 unspecified atom stereocenters. The Kier molecular flexibility index (Phi) is 4.36. The van der Waals surface area contributed by atoms with Crippen LogP contribution in [-0.2, 0) is 12.4 Å². The van der Waals surface area contributed by atoms with E-state index in [9.17, 15) is 0 Å². The monoisotopic (exact) mass is 267 g/mol. The van der Waals surface area contributed by atoms with Crippen LogP contribution in [0.4, 0.5) is 0 Å². The zero-order chi connectivity index (χ0) is 13.0. The zero-order valence-corrected chi connectivity index (χ0v) is 11.5. The van der Waals surface area contributed by atoms with Gasteiger partial charge in [0, 0.05) is 6.20 Å². The average Bonchev–Trinajstić information content (AvgIpc) is 3.01. The first-order valence-corrected chi connectivity index (χ1v) is 6.78. The van der Waals surface area contributed by atoms with Crippen LogP contribution in [0.1, 0.15) is 44.2 Å². The van der Waals surface area contributed by atoms with Crippen molar-refractivity contribution in [2.75, 3.05) is 0 Å². The van der Waals surface area contributed by atoms with Gasteiger partial charge in [0.05, 0.1) is 24.2 Å². The van der Waals surface area contributed by atoms with E-state index >= 15 is 0 Å². The normalized spacial score (nSPS) is 11.3. The summed E-state index contributed by atoms with van der Waals surface area (Å²) in [6.45, 7) is 4.98. The van der Waals surface area contributed by atoms with E-state index in [2.05, 4.69) is 29.0 Å². The maximum Gasteiger partial charge on any atom is 0.142 e. The SMILES string of the molecule is CCC(CC)n1ccc(Cn2ncnc2CCl)n1. The fraction of sp³-hybridized carbons (Fsp3) is 0.583. The molecule has 18 heavy (non-hydrogen) atoms. The molecule has 0 bridgehead atoms. The average molecular weight is 268 g/mol. The van der Waals surface area contributed by atoms with Gasteiger partial charge in [0.15, 0.2) is 0 Å². The van der Waals surface area contributed by atoms with Crippen molar-refractivity contribution in [1.29, 1.82) is 0 Å². The highest BCUT2D eigenvalue weighted by Gasteiger charge is 2.09. The number of hydrogen-bond donors (Lipinski definition) is 0. The van der Waals surface area contributed by atoms with Crippen LogP contribution in [0.3, 0.4) is 0 Å². The van der Waals surface area contributed by atoms with Crippen molar-refractivity contribution in [3.63, 3.8) is 0 Å². The summed E-state index contributed by atoms with van der Waals surface area (Å²) >= 11 is 5.79. The molecule has 0 N–H and O–H groups in total. The number of halogens is 1. The third kappa shape index (κ3) is 2.72. The molecule has 2 aromatic heterocycles. The minimum atomic E-state index is 0.368. The van der Waals surface area contributed by atoms with E-state index < -0.39 is 0 Å². The van der Waals surface area contributed by atoms with E-state index in [-0.39, 0.29) is 0 Å². The molecular weight excluding hydrogens is 250 g/mol. The maximum atomic E-state index is 5.79. The second-order valence-electron chi connectivity index (χ2n) is 4.22. The molecule has 98 valence electrons. The van der Waals surface area contributed by atoms with Gasteiger partial charge in [0.2, 0.25) is 0 Å². The predicted octanol–water partition coefficient (Wildman–Crippen LogP) is 2.62. The molecular formula is C12H18ClN5. The Morgan fingerprint density at radius 1 is 1.33 bits per heavy atom. The van der Waals surface area contributed by atoms with Crippen molar-refractivity contribution in [3.05, 3.63) is 30.1 Å². The molecule has 0 spiro atoms. The minimum absolute atomic E-state index is 0.368. The first-order valence-electron chi connectivity index (χ1n) is 6.25. The maximum absolute atomic E-state index is 5.79. The van der Waals surface area contributed by atoms with Crippen LogP contribution in [0.5, 0.6) is 0 Å². The second kappa shape index (κ2) is 6.00. The van der Waals surface area contributed by atoms with Crippen LogP contribution < -0.4 is 0 Å². The molecule has 2 aromatic rings. The second-order valence-corrected chi connectivity index (χ2v) is 4.49. The molecule has 6 heteroatoms. The molecule has 0 fully saturated rings. The fourth-order valence-electron chi connectivity index (χ4n) is 2.00. The Bertz CT molecular complexity index is 486. The Balaban J connectivity index is 2.11. The lowest BCUT2D eigenvalue weighted by Crippen LogP contribution is -2.10. The van der Waals surface area contributed by atoms with Gasteiger partial charge in [-0.05, 0) is 18.9 Å². The van der Waals surface area contributed by atoms with Crippen LogP contribution in [0.15, 0.2) is 18.6 Å². The molecule has 0 saturated carbocycles. The molecule has 0 aliphatic heterocycles. The first kappa shape index (κ1) is 13.1. The summed E-state index contributed by atoms with van der Waals surface area (Å²) in [7, 11) is 0. The van der Waals surface area contributed by atoms with Gasteiger partial charge < -0.3 is 0 Å². The molecule has 0 aromatic carbocycles. The zero-order valence-electron chi connectivity index (χ0n) is 10.8. The highest BCUT2D eigenvalue weighted by Crippen LogP contribution is 2.15. The number of nitrogens with zero attached hydrogens (tertiary/aromatic N) is 5. The van der Waals surface area contributed by atoms with Crippen molar-refractivity contribution >= 4 is 11.6 Å². The Morgan fingerprint density at radius 3 is 2.78 bits per heavy atom. The van der Waals surface area contributed by atoms with Crippen LogP contribution >= 0.6 is 11.6 Å². The van der Waals surface area contributed by atoms with Crippen LogP contribution in [0, 0.1) is 0 Å². The first-order chi connectivity index (χ1) is 8.78. The number of aromatic nitrogens is 5. The fourth-order valence-corrected chi connectivity index (χ4v) is 2.21. The topological polar surface area (TPSA) is 48.5 Å². The van der Waals surface area contributed by atoms with Gasteiger partial charge in [-0.3, -0.25) is 4.68 Å². The summed E-state index contributed by atoms with van der Waals surface area (Å²) in [5.41, 5.74) is 0.985. The largest absolute Gasteiger partial charge is 0.269 e. The minimum Gasteiger partial charge on any atom is -0.269 e. The van der Waals surface area contributed by atoms with Gasteiger partial charge in [0.1, 0.15) is 12.2 Å². The predicted molar refractivity (Wildman–Crippen MR) is 70.5 cm³/mol. The van der Waals surface area contributed by atoms with E-state index in [0.717, 1.165) is 24.4 Å². The lowest BCUT2D eigenvalue weighted by atomic mass is 10.2. The van der Waals surface area contributed by atoms with E-state index in [0.29, 0.717) is 18.5 Å². The molecule has 2 heterocycles. The highest BCUT2D eigenvalue weighted by atomic mass is 35.5. The number of alkyl halides is 1. The molecule has 0 saturated heterocycles. The Hall–Kier alpha value is -1.36. The molecule has 0 radical (unpaired) electrons. The number of hydrogen-bond acceptors (Lipinski definition) is 3. The summed E-state index contributed by atoms with van der Waals surface area (Å²) in [6, 6.07) is 2.50. The van der Waals surface area contributed by atoms with Gasteiger partial charge in [0.25, 0.3) is 0 Å². The quantitative estimate of drug-likeness (QED) is 0.756. The standard InChI is InChI=1S/C12H18ClN5/c1-3-11(4-2)17-6-5-10(16-17)8-18-12(7-13)14-9-15-18/h5-6,9,11H,3-4,7-8H2,1-2H3. The van der Waals surface area contributed by atoms with Gasteiger partial charge in [-0.15, -0.1) is 11.6 Å². The van der Waals surface area contributed by atoms with Gasteiger partial charge in [-0.25, -0.2) is 9.67 Å². The smallest absolute Gasteiger partial charge is 0.142 e. The lowest BCUT2D eigenvalue weighted by Gasteiger charge is -2.12. The Labute approximate surface area is 112 Å². The van der Waals surface area contributed by atoms with E-state index in [1.165, 1.54) is 6.33 Å². The van der Waals surface area contributed by atoms with Gasteiger partial charge >= 0.3 is 0 Å². The Morgan fingerprint density at radius 2 is 2.11 bits per heavy atom. The van der Waals surface area contributed by atoms with Crippen LogP contribution in [0.2, 0.25) is 0 Å². The van der Waals surface area contributed by atoms with Crippen LogP contribution in [-0.4, -0.2) is 24.5 Å². The molecule has 5 nitrogen and oxygen atoms in total. The summed E-state index contributed by atoms with van der Waals surface area (Å²) in [6.07, 6.45) is 5.74. The molecule has 0 aliphatic rings. The summed E-state index contributed by atoms with van der Waals surface area (Å²) in [4.78, 5) is 4.09. The summed E-state index contributed by atoms with van der Waals surface area (Å²) in [5.74, 6) is 1.14. The van der Waals surface area contributed by atoms with E-state index in [1.807, 2.05) is 16.9 Å². The van der Waals surface area contributed by atoms with Crippen molar-refractivity contribution in [3.8, 4) is 0 Å². The van der Waals surface area contributed by atoms with Gasteiger partial charge in [-0.2, -0.15) is 10.2 Å². The molecule has 2 rings (SSSR count). The molecule has 0 aliphatic carbocycles. The van der Waals surface area contributed by atoms with Gasteiger partial charge in [-0.1, -0.05) is 13.8 Å². The third-order valence-corrected chi connectivity index (χ3v) is 3.35. The molecule has 0 atom stereocenters. The summed E-state index contributed by atoms with van der Waals surface area (Å²) in [5, 5.41) is 8.74. The van der Waals surface area contributed by atoms with Crippen molar-refractivity contribution in [2.24, 2.45) is 0 Å². The van der Waals surface area contributed by atoms with E-state index in [1.54, 1.807) is 4.68 Å². The highest BCUT2D eigenvalue weighted by molar-refractivity contribution is 6.16. The molecule has 0 amide bonds. The van der Waals surface area contributed by atoms with Crippen molar-refractivity contribution in [1.82, 2.24) is 24.5 Å².